The molecule has 1 N–H and O–H groups in total. The molecule has 0 amide bonds. The van der Waals surface area contributed by atoms with Crippen molar-refractivity contribution in [3.63, 3.8) is 0 Å². The molecule has 26 nitrogen and oxygen atoms in total. The molecule has 0 aromatic rings. The summed E-state index contributed by atoms with van der Waals surface area (Å²) in [6.45, 7) is 19.2. The number of carbonyl (C=O) groups excluding carboxylic acids is 3. The molecular weight excluding hydrogens is 962 g/mol. The zero-order chi connectivity index (χ0) is 52.0. The van der Waals surface area contributed by atoms with Gasteiger partial charge in [0.05, 0.1) is 24.4 Å². The smallest absolute Gasteiger partial charge is 0.463 e. The SMILES string of the molecule is CC(=O)OC[C@H]1OC(OC(C)=O)[C@H](OC(C)=O)[C@@H]1N=[N+]=[N-].CC[C@H]1O[C@@H]2OC(C)(C)O[C@@H]2[C@@H]1N=[N+]=[N-].CC[C@H]1O[C@@H]2OC(C)(C)O[C@@H]2[C@@H]1OS(=O)(=O)C(F)(F)F.CC[C@H]1O[C@@H]2OC(C)(C)O[C@@H]2[C@H]1O. The van der Waals surface area contributed by atoms with Gasteiger partial charge in [0.2, 0.25) is 6.29 Å². The van der Waals surface area contributed by atoms with Gasteiger partial charge in [-0.2, -0.15) is 21.6 Å². The minimum atomic E-state index is -5.72. The van der Waals surface area contributed by atoms with E-state index in [-0.39, 0.29) is 43.5 Å². The van der Waals surface area contributed by atoms with Crippen LogP contribution in [0.1, 0.15) is 102 Å². The molecule has 0 saturated carbocycles. The predicted octanol–water partition coefficient (Wildman–Crippen LogP) is 4.54. The van der Waals surface area contributed by atoms with Crippen molar-refractivity contribution in [2.75, 3.05) is 6.61 Å². The first-order valence-electron chi connectivity index (χ1n) is 21.8. The molecule has 0 bridgehead atoms. The van der Waals surface area contributed by atoms with Crippen LogP contribution in [-0.2, 0) is 90.3 Å². The second-order valence-electron chi connectivity index (χ2n) is 17.5. The minimum Gasteiger partial charge on any atom is -0.463 e. The Kier molecular flexibility index (Phi) is 19.5. The van der Waals surface area contributed by atoms with Gasteiger partial charge in [0, 0.05) is 30.6 Å². The minimum absolute atomic E-state index is 0.105. The lowest BCUT2D eigenvalue weighted by Gasteiger charge is -2.25. The van der Waals surface area contributed by atoms with Crippen LogP contribution in [0.5, 0.6) is 0 Å². The normalized spacial score (nSPS) is 37.3. The molecule has 7 rings (SSSR count). The van der Waals surface area contributed by atoms with Crippen LogP contribution >= 0.6 is 0 Å². The van der Waals surface area contributed by atoms with Crippen LogP contribution in [0.3, 0.4) is 0 Å². The number of alkyl halides is 3. The first-order chi connectivity index (χ1) is 31.9. The number of azide groups is 2. The lowest BCUT2D eigenvalue weighted by atomic mass is 10.1. The highest BCUT2D eigenvalue weighted by Crippen LogP contribution is 2.43. The molecular formula is C39H61F3N6O20S. The number of fused-ring (bicyclic) bond motifs is 3. The molecule has 0 aromatic heterocycles. The fourth-order valence-electron chi connectivity index (χ4n) is 8.00. The fourth-order valence-corrected chi connectivity index (χ4v) is 8.63. The molecule has 69 heavy (non-hydrogen) atoms. The maximum atomic E-state index is 12.4. The first kappa shape index (κ1) is 57.9. The van der Waals surface area contributed by atoms with Crippen molar-refractivity contribution in [1.29, 1.82) is 0 Å². The maximum absolute atomic E-state index is 12.4. The van der Waals surface area contributed by atoms with E-state index in [9.17, 15) is 41.1 Å². The molecule has 7 aliphatic rings. The molecule has 30 heteroatoms. The summed E-state index contributed by atoms with van der Waals surface area (Å²) in [5, 5.41) is 17.0. The van der Waals surface area contributed by atoms with E-state index in [1.807, 2.05) is 41.5 Å². The van der Waals surface area contributed by atoms with E-state index in [4.69, 9.17) is 72.6 Å². The standard InChI is InChI=1S/C11H15N3O7.C10H15F3O6S.C9H15N3O3.C9H16O4/c1-5(15)18-4-8-9(13-14-12)10(19-6(2)16)11(21-8)20-7(3)17;1-4-5-6(19-20(14,15)10(11,12)13)7-8(16-5)18-9(2,3)17-7;1-4-5-6(11-12-10)7-8(13-5)15-9(2,3)14-7;1-4-5-6(10)7-8(11-5)13-9(2,3)12-7/h8-11H,4H2,1-3H3;5-8H,4H2,1-3H3;5-8H,4H2,1-3H3;5-8,10H,4H2,1-3H3/t8-,9-,10-,11?;2*5-,6-,7-,8-;5-,6+,7-,8-/m1111/s1. The number of aliphatic hydroxyl groups is 1. The van der Waals surface area contributed by atoms with Crippen molar-refractivity contribution in [2.24, 2.45) is 10.2 Å². The Bertz CT molecular complexity index is 2010. The van der Waals surface area contributed by atoms with Crippen molar-refractivity contribution in [2.45, 2.75) is 224 Å². The van der Waals surface area contributed by atoms with Crippen molar-refractivity contribution in [3.8, 4) is 0 Å². The quantitative estimate of drug-likeness (QED) is 0.0564. The molecule has 1 unspecified atom stereocenters. The van der Waals surface area contributed by atoms with E-state index in [2.05, 4.69) is 24.2 Å². The van der Waals surface area contributed by atoms with Gasteiger partial charge in [0.15, 0.2) is 42.3 Å². The summed E-state index contributed by atoms with van der Waals surface area (Å²) in [5.74, 6) is -4.24. The molecule has 0 aliphatic carbocycles. The highest BCUT2D eigenvalue weighted by Gasteiger charge is 2.60. The Morgan fingerprint density at radius 3 is 1.54 bits per heavy atom. The van der Waals surface area contributed by atoms with Crippen LogP contribution < -0.4 is 0 Å². The van der Waals surface area contributed by atoms with Gasteiger partial charge in [0.1, 0.15) is 49.3 Å². The zero-order valence-corrected chi connectivity index (χ0v) is 40.8. The molecule has 0 radical (unpaired) electrons. The highest BCUT2D eigenvalue weighted by molar-refractivity contribution is 7.87. The highest BCUT2D eigenvalue weighted by atomic mass is 32.2. The van der Waals surface area contributed by atoms with E-state index in [1.54, 1.807) is 20.8 Å². The van der Waals surface area contributed by atoms with Crippen LogP contribution in [0.2, 0.25) is 0 Å². The van der Waals surface area contributed by atoms with E-state index in [0.717, 1.165) is 26.7 Å². The average Bonchev–Trinajstić information content (AvgIpc) is 4.07. The molecule has 7 saturated heterocycles. The summed E-state index contributed by atoms with van der Waals surface area (Å²) in [5.41, 5.74) is 11.6. The van der Waals surface area contributed by atoms with Gasteiger partial charge in [-0.25, -0.2) is 0 Å². The van der Waals surface area contributed by atoms with E-state index < -0.39 is 119 Å². The Labute approximate surface area is 395 Å². The third kappa shape index (κ3) is 14.9. The van der Waals surface area contributed by atoms with E-state index >= 15 is 0 Å². The number of aliphatic hydroxyl groups excluding tert-OH is 1. The largest absolute Gasteiger partial charge is 0.523 e. The third-order valence-electron chi connectivity index (χ3n) is 10.7. The van der Waals surface area contributed by atoms with Crippen molar-refractivity contribution in [3.05, 3.63) is 20.9 Å². The number of hydrogen-bond acceptors (Lipinski definition) is 22. The second kappa shape index (κ2) is 23.2. The topological polar surface area (TPSA) is 332 Å². The van der Waals surface area contributed by atoms with Gasteiger partial charge in [-0.15, -0.1) is 0 Å². The second-order valence-corrected chi connectivity index (χ2v) is 19.1. The summed E-state index contributed by atoms with van der Waals surface area (Å²) in [6.07, 6.45) is -7.81. The number of rotatable bonds is 11. The van der Waals surface area contributed by atoms with Crippen molar-refractivity contribution >= 4 is 28.0 Å². The predicted molar refractivity (Wildman–Crippen MR) is 221 cm³/mol. The summed E-state index contributed by atoms with van der Waals surface area (Å²) >= 11 is 0. The fraction of sp³-hybridized carbons (Fsp3) is 0.923. The number of carbonyl (C=O) groups is 3. The Hall–Kier alpha value is -3.71. The number of nitrogens with zero attached hydrogens (tertiary/aromatic N) is 6. The van der Waals surface area contributed by atoms with Gasteiger partial charge < -0.3 is 66.7 Å². The van der Waals surface area contributed by atoms with Crippen LogP contribution in [0, 0.1) is 0 Å². The Morgan fingerprint density at radius 2 is 1.07 bits per heavy atom. The van der Waals surface area contributed by atoms with Crippen LogP contribution in [0.15, 0.2) is 10.2 Å². The summed E-state index contributed by atoms with van der Waals surface area (Å²) < 4.78 is 133. The van der Waals surface area contributed by atoms with E-state index in [1.165, 1.54) is 6.92 Å². The van der Waals surface area contributed by atoms with Gasteiger partial charge in [-0.05, 0) is 71.9 Å². The van der Waals surface area contributed by atoms with E-state index in [0.29, 0.717) is 0 Å². The average molecular weight is 1020 g/mol. The molecule has 16 atom stereocenters. The van der Waals surface area contributed by atoms with Crippen molar-refractivity contribution in [1.82, 2.24) is 0 Å². The van der Waals surface area contributed by atoms with Crippen molar-refractivity contribution < 1.29 is 107 Å². The first-order valence-corrected chi connectivity index (χ1v) is 23.3. The molecule has 0 spiro atoms. The zero-order valence-electron chi connectivity index (χ0n) is 40.0. The summed E-state index contributed by atoms with van der Waals surface area (Å²) in [6, 6.07) is -1.27. The number of esters is 3. The Morgan fingerprint density at radius 1 is 0.623 bits per heavy atom. The summed E-state index contributed by atoms with van der Waals surface area (Å²) in [7, 11) is -5.72. The summed E-state index contributed by atoms with van der Waals surface area (Å²) in [4.78, 5) is 38.5. The third-order valence-corrected chi connectivity index (χ3v) is 11.8. The Balaban J connectivity index is 0.000000203. The molecule has 7 fully saturated rings. The van der Waals surface area contributed by atoms with Gasteiger partial charge in [0.25, 0.3) is 0 Å². The van der Waals surface area contributed by atoms with Crippen LogP contribution in [0.25, 0.3) is 20.9 Å². The molecule has 0 aromatic carbocycles. The maximum Gasteiger partial charge on any atom is 0.523 e. The molecule has 7 aliphatic heterocycles. The number of ether oxygens (including phenoxy) is 13. The lowest BCUT2D eigenvalue weighted by molar-refractivity contribution is -0.215. The lowest BCUT2D eigenvalue weighted by Crippen LogP contribution is -2.41. The van der Waals surface area contributed by atoms with Gasteiger partial charge in [-0.1, -0.05) is 31.0 Å². The monoisotopic (exact) mass is 1020 g/mol. The number of hydrogen-bond donors (Lipinski definition) is 1. The van der Waals surface area contributed by atoms with Gasteiger partial charge >= 0.3 is 33.5 Å². The van der Waals surface area contributed by atoms with Crippen LogP contribution in [0.4, 0.5) is 13.2 Å². The molecule has 7 heterocycles. The molecule has 394 valence electrons. The van der Waals surface area contributed by atoms with Gasteiger partial charge in [-0.3, -0.25) is 18.6 Å². The van der Waals surface area contributed by atoms with Crippen LogP contribution in [-0.4, -0.2) is 159 Å². The number of halogens is 3.